The van der Waals surface area contributed by atoms with Crippen molar-refractivity contribution in [2.45, 2.75) is 52.0 Å². The van der Waals surface area contributed by atoms with Crippen LogP contribution >= 0.6 is 0 Å². The molecule has 0 atom stereocenters. The lowest BCUT2D eigenvalue weighted by Crippen LogP contribution is -2.54. The average Bonchev–Trinajstić information content (AvgIpc) is 3.31. The molecule has 9 heteroatoms. The smallest absolute Gasteiger partial charge is 0.331 e. The van der Waals surface area contributed by atoms with Crippen LogP contribution in [0.25, 0.3) is 0 Å². The summed E-state index contributed by atoms with van der Waals surface area (Å²) in [5, 5.41) is 12.6. The Balaban J connectivity index is 1.84. The van der Waals surface area contributed by atoms with Crippen LogP contribution in [0.5, 0.6) is 5.88 Å². The molecule has 0 spiro atoms. The molecular weight excluding hydrogens is 414 g/mol. The molecule has 0 saturated carbocycles. The lowest BCUT2D eigenvalue weighted by atomic mass is 9.88. The van der Waals surface area contributed by atoms with Gasteiger partial charge in [-0.3, -0.25) is 4.79 Å². The zero-order chi connectivity index (χ0) is 23.2. The fourth-order valence-corrected chi connectivity index (χ4v) is 4.01. The quantitative estimate of drug-likeness (QED) is 0.493. The van der Waals surface area contributed by atoms with E-state index < -0.39 is 22.8 Å². The maximum atomic E-state index is 13.1. The van der Waals surface area contributed by atoms with E-state index in [-0.39, 0.29) is 25.5 Å². The summed E-state index contributed by atoms with van der Waals surface area (Å²) in [6, 6.07) is 3.50. The number of aliphatic hydroxyl groups excluding tert-OH is 1. The van der Waals surface area contributed by atoms with Gasteiger partial charge in [-0.2, -0.15) is 0 Å². The standard InChI is InChI=1S/C23H35N3O6/c1-4-23(5-2,21(29)31-6-3)25-19(28)17-9-10-18(26-11-7-8-12-26)20(24-17)32-16-22(13-27)14-30-15-22/h9-10,27H,4-8,11-16H2,1-3H3,(H,25,28). The number of ether oxygens (including phenoxy) is 3. The molecule has 1 amide bonds. The largest absolute Gasteiger partial charge is 0.475 e. The summed E-state index contributed by atoms with van der Waals surface area (Å²) in [7, 11) is 0. The van der Waals surface area contributed by atoms with Gasteiger partial charge in [0, 0.05) is 13.1 Å². The maximum Gasteiger partial charge on any atom is 0.331 e. The van der Waals surface area contributed by atoms with Gasteiger partial charge < -0.3 is 29.5 Å². The molecule has 2 aliphatic rings. The summed E-state index contributed by atoms with van der Waals surface area (Å²) < 4.78 is 16.5. The second kappa shape index (κ2) is 10.5. The Labute approximate surface area is 189 Å². The van der Waals surface area contributed by atoms with Gasteiger partial charge in [0.1, 0.15) is 17.8 Å². The lowest BCUT2D eigenvalue weighted by molar-refractivity contribution is -0.153. The third-order valence-corrected chi connectivity index (χ3v) is 6.41. The zero-order valence-electron chi connectivity index (χ0n) is 19.3. The molecular formula is C23H35N3O6. The molecule has 1 aromatic heterocycles. The van der Waals surface area contributed by atoms with Gasteiger partial charge in [-0.05, 0) is 44.7 Å². The van der Waals surface area contributed by atoms with Gasteiger partial charge in [-0.15, -0.1) is 0 Å². The highest BCUT2D eigenvalue weighted by molar-refractivity contribution is 5.97. The van der Waals surface area contributed by atoms with Crippen LogP contribution in [0.1, 0.15) is 56.9 Å². The Morgan fingerprint density at radius 1 is 1.22 bits per heavy atom. The van der Waals surface area contributed by atoms with E-state index in [0.29, 0.717) is 31.9 Å². The third-order valence-electron chi connectivity index (χ3n) is 6.41. The maximum absolute atomic E-state index is 13.1. The molecule has 1 aromatic rings. The van der Waals surface area contributed by atoms with Crippen LogP contribution in [-0.4, -0.2) is 73.6 Å². The summed E-state index contributed by atoms with van der Waals surface area (Å²) in [4.78, 5) is 32.3. The zero-order valence-corrected chi connectivity index (χ0v) is 19.3. The number of anilines is 1. The first-order valence-electron chi connectivity index (χ1n) is 11.5. The number of aromatic nitrogens is 1. The molecule has 2 saturated heterocycles. The molecule has 2 fully saturated rings. The first kappa shape index (κ1) is 24.3. The fraction of sp³-hybridized carbons (Fsp3) is 0.696. The molecule has 0 bridgehead atoms. The monoisotopic (exact) mass is 449 g/mol. The van der Waals surface area contributed by atoms with Crippen molar-refractivity contribution in [3.05, 3.63) is 17.8 Å². The number of carbonyl (C=O) groups is 2. The molecule has 32 heavy (non-hydrogen) atoms. The minimum atomic E-state index is -1.10. The van der Waals surface area contributed by atoms with Gasteiger partial charge in [-0.1, -0.05) is 13.8 Å². The molecule has 3 rings (SSSR count). The third kappa shape index (κ3) is 4.99. The minimum Gasteiger partial charge on any atom is -0.475 e. The number of carbonyl (C=O) groups excluding carboxylic acids is 2. The van der Waals surface area contributed by atoms with Crippen molar-refractivity contribution < 1.29 is 28.9 Å². The highest BCUT2D eigenvalue weighted by Gasteiger charge is 2.40. The van der Waals surface area contributed by atoms with E-state index >= 15 is 0 Å². The Bertz CT molecular complexity index is 795. The second-order valence-electron chi connectivity index (χ2n) is 8.62. The number of hydrogen-bond donors (Lipinski definition) is 2. The summed E-state index contributed by atoms with van der Waals surface area (Å²) in [6.45, 7) is 8.53. The molecule has 178 valence electrons. The van der Waals surface area contributed by atoms with E-state index in [4.69, 9.17) is 14.2 Å². The van der Waals surface area contributed by atoms with Crippen molar-refractivity contribution in [3.8, 4) is 5.88 Å². The average molecular weight is 450 g/mol. The predicted octanol–water partition coefficient (Wildman–Crippen LogP) is 1.92. The molecule has 2 aliphatic heterocycles. The van der Waals surface area contributed by atoms with E-state index in [0.717, 1.165) is 31.6 Å². The number of hydrogen-bond acceptors (Lipinski definition) is 8. The number of pyridine rings is 1. The minimum absolute atomic E-state index is 0.0404. The number of esters is 1. The van der Waals surface area contributed by atoms with Gasteiger partial charge in [0.15, 0.2) is 0 Å². The van der Waals surface area contributed by atoms with Crippen LogP contribution in [0.15, 0.2) is 12.1 Å². The van der Waals surface area contributed by atoms with Crippen LogP contribution in [0.2, 0.25) is 0 Å². The SMILES string of the molecule is CCOC(=O)C(CC)(CC)NC(=O)c1ccc(N2CCCC2)c(OCC2(CO)COC2)n1. The van der Waals surface area contributed by atoms with Gasteiger partial charge in [0.2, 0.25) is 5.88 Å². The summed E-state index contributed by atoms with van der Waals surface area (Å²) in [5.74, 6) is -0.546. The van der Waals surface area contributed by atoms with Crippen molar-refractivity contribution in [2.24, 2.45) is 5.41 Å². The van der Waals surface area contributed by atoms with Gasteiger partial charge >= 0.3 is 5.97 Å². The Morgan fingerprint density at radius 3 is 2.44 bits per heavy atom. The van der Waals surface area contributed by atoms with Crippen molar-refractivity contribution in [1.82, 2.24) is 10.3 Å². The van der Waals surface area contributed by atoms with E-state index in [9.17, 15) is 14.7 Å². The topological polar surface area (TPSA) is 110 Å². The van der Waals surface area contributed by atoms with Crippen LogP contribution in [0, 0.1) is 5.41 Å². The van der Waals surface area contributed by atoms with Gasteiger partial charge in [0.05, 0.1) is 37.5 Å². The number of nitrogens with one attached hydrogen (secondary N) is 1. The normalized spacial score (nSPS) is 17.6. The number of aliphatic hydroxyl groups is 1. The van der Waals surface area contributed by atoms with E-state index in [2.05, 4.69) is 15.2 Å². The van der Waals surface area contributed by atoms with Crippen LogP contribution < -0.4 is 15.0 Å². The molecule has 0 radical (unpaired) electrons. The molecule has 2 N–H and O–H groups in total. The number of amides is 1. The number of nitrogens with zero attached hydrogens (tertiary/aromatic N) is 2. The molecule has 9 nitrogen and oxygen atoms in total. The van der Waals surface area contributed by atoms with Gasteiger partial charge in [-0.25, -0.2) is 9.78 Å². The van der Waals surface area contributed by atoms with Crippen molar-refractivity contribution in [1.29, 1.82) is 0 Å². The fourth-order valence-electron chi connectivity index (χ4n) is 4.01. The Morgan fingerprint density at radius 2 is 1.91 bits per heavy atom. The predicted molar refractivity (Wildman–Crippen MR) is 119 cm³/mol. The first-order chi connectivity index (χ1) is 15.4. The Kier molecular flexibility index (Phi) is 7.95. The van der Waals surface area contributed by atoms with Crippen molar-refractivity contribution in [3.63, 3.8) is 0 Å². The van der Waals surface area contributed by atoms with Crippen LogP contribution in [0.3, 0.4) is 0 Å². The summed E-state index contributed by atoms with van der Waals surface area (Å²) in [5.41, 5.74) is -0.546. The molecule has 0 aromatic carbocycles. The highest BCUT2D eigenvalue weighted by Crippen LogP contribution is 2.33. The van der Waals surface area contributed by atoms with E-state index in [1.165, 1.54) is 0 Å². The van der Waals surface area contributed by atoms with Crippen LogP contribution in [-0.2, 0) is 14.3 Å². The number of rotatable bonds is 11. The first-order valence-corrected chi connectivity index (χ1v) is 11.5. The molecule has 3 heterocycles. The Hall–Kier alpha value is -2.39. The van der Waals surface area contributed by atoms with Crippen LogP contribution in [0.4, 0.5) is 5.69 Å². The summed E-state index contributed by atoms with van der Waals surface area (Å²) >= 11 is 0. The molecule has 0 aliphatic carbocycles. The van der Waals surface area contributed by atoms with Crippen molar-refractivity contribution in [2.75, 3.05) is 51.0 Å². The second-order valence-corrected chi connectivity index (χ2v) is 8.62. The van der Waals surface area contributed by atoms with Gasteiger partial charge in [0.25, 0.3) is 5.91 Å². The van der Waals surface area contributed by atoms with Crippen molar-refractivity contribution >= 4 is 17.6 Å². The lowest BCUT2D eigenvalue weighted by Gasteiger charge is -2.39. The summed E-state index contributed by atoms with van der Waals surface area (Å²) in [6.07, 6.45) is 2.99. The molecule has 0 unspecified atom stereocenters. The van der Waals surface area contributed by atoms with E-state index in [1.54, 1.807) is 13.0 Å². The van der Waals surface area contributed by atoms with E-state index in [1.807, 2.05) is 19.9 Å². The highest BCUT2D eigenvalue weighted by atomic mass is 16.5.